The van der Waals surface area contributed by atoms with Gasteiger partial charge in [-0.1, -0.05) is 0 Å². The number of nitrogens with zero attached hydrogens (tertiary/aromatic N) is 4. The molecule has 7 nitrogen and oxygen atoms in total. The lowest BCUT2D eigenvalue weighted by atomic mass is 10.2. The van der Waals surface area contributed by atoms with Crippen molar-refractivity contribution in [1.29, 1.82) is 0 Å². The molecular weight excluding hydrogens is 302 g/mol. The smallest absolute Gasteiger partial charge is 0.246 e. The molecule has 3 rings (SSSR count). The number of aromatic nitrogens is 2. The van der Waals surface area contributed by atoms with E-state index >= 15 is 0 Å². The highest BCUT2D eigenvalue weighted by atomic mass is 32.2. The molecule has 3 heterocycles. The second-order valence-corrected chi connectivity index (χ2v) is 6.46. The van der Waals surface area contributed by atoms with Crippen molar-refractivity contribution in [3.63, 3.8) is 0 Å². The van der Waals surface area contributed by atoms with Crippen molar-refractivity contribution in [1.82, 2.24) is 20.2 Å². The lowest BCUT2D eigenvalue weighted by Gasteiger charge is -2.36. The zero-order valence-corrected chi connectivity index (χ0v) is 13.1. The van der Waals surface area contributed by atoms with Gasteiger partial charge in [0.1, 0.15) is 6.04 Å². The highest BCUT2D eigenvalue weighted by Crippen LogP contribution is 2.14. The summed E-state index contributed by atoms with van der Waals surface area (Å²) in [4.78, 5) is 36.5. The van der Waals surface area contributed by atoms with E-state index in [0.29, 0.717) is 44.3 Å². The van der Waals surface area contributed by atoms with Crippen LogP contribution in [0.5, 0.6) is 0 Å². The highest BCUT2D eigenvalue weighted by molar-refractivity contribution is 7.99. The maximum Gasteiger partial charge on any atom is 0.246 e. The first-order valence-corrected chi connectivity index (χ1v) is 8.57. The van der Waals surface area contributed by atoms with Crippen LogP contribution < -0.4 is 10.2 Å². The van der Waals surface area contributed by atoms with Crippen molar-refractivity contribution < 1.29 is 9.59 Å². The highest BCUT2D eigenvalue weighted by Gasteiger charge is 2.30. The summed E-state index contributed by atoms with van der Waals surface area (Å²) in [6.07, 6.45) is 3.93. The van der Waals surface area contributed by atoms with Gasteiger partial charge in [0.05, 0.1) is 0 Å². The Balaban J connectivity index is 1.56. The van der Waals surface area contributed by atoms with Crippen molar-refractivity contribution in [2.24, 2.45) is 0 Å². The van der Waals surface area contributed by atoms with Crippen molar-refractivity contribution in [2.45, 2.75) is 12.5 Å². The predicted octanol–water partition coefficient (Wildman–Crippen LogP) is -0.253. The van der Waals surface area contributed by atoms with Gasteiger partial charge in [0, 0.05) is 56.5 Å². The number of carbonyl (C=O) groups excluding carboxylic acids is 2. The molecule has 2 amide bonds. The van der Waals surface area contributed by atoms with Gasteiger partial charge in [-0.05, 0) is 6.07 Å². The number of nitrogens with one attached hydrogen (secondary N) is 1. The average Bonchev–Trinajstić information content (AvgIpc) is 2.80. The second-order valence-electron chi connectivity index (χ2n) is 5.31. The fraction of sp³-hybridized carbons (Fsp3) is 0.571. The van der Waals surface area contributed by atoms with Crippen LogP contribution >= 0.6 is 11.8 Å². The number of rotatable bonds is 2. The van der Waals surface area contributed by atoms with Crippen molar-refractivity contribution in [2.75, 3.05) is 42.6 Å². The first-order chi connectivity index (χ1) is 10.7. The summed E-state index contributed by atoms with van der Waals surface area (Å²) in [6.45, 7) is 2.69. The van der Waals surface area contributed by atoms with Gasteiger partial charge in [0.2, 0.25) is 17.8 Å². The molecule has 8 heteroatoms. The fourth-order valence-corrected chi connectivity index (χ4v) is 3.57. The Morgan fingerprint density at radius 2 is 1.95 bits per heavy atom. The van der Waals surface area contributed by atoms with Crippen LogP contribution in [-0.4, -0.2) is 70.4 Å². The van der Waals surface area contributed by atoms with Gasteiger partial charge >= 0.3 is 0 Å². The number of carbonyl (C=O) groups is 2. The molecule has 22 heavy (non-hydrogen) atoms. The monoisotopic (exact) mass is 321 g/mol. The van der Waals surface area contributed by atoms with Crippen LogP contribution in [0.1, 0.15) is 6.42 Å². The van der Waals surface area contributed by atoms with Crippen molar-refractivity contribution >= 4 is 29.5 Å². The minimum atomic E-state index is -0.389. The zero-order chi connectivity index (χ0) is 15.4. The van der Waals surface area contributed by atoms with Crippen LogP contribution in [0.15, 0.2) is 18.5 Å². The lowest BCUT2D eigenvalue weighted by molar-refractivity contribution is -0.135. The zero-order valence-electron chi connectivity index (χ0n) is 12.3. The van der Waals surface area contributed by atoms with E-state index in [9.17, 15) is 9.59 Å². The standard InChI is InChI=1S/C14H19N5O2S/c20-12-2-9-22-10-11(17-12)13(21)18-5-7-19(8-6-18)14-15-3-1-4-16-14/h1,3-4,11H,2,5-10H2,(H,17,20)/t11-/m1/s1. The molecule has 1 N–H and O–H groups in total. The number of amides is 2. The number of hydrogen-bond donors (Lipinski definition) is 1. The van der Waals surface area contributed by atoms with Crippen LogP contribution in [0, 0.1) is 0 Å². The molecular formula is C14H19N5O2S. The summed E-state index contributed by atoms with van der Waals surface area (Å²) in [5.41, 5.74) is 0. The van der Waals surface area contributed by atoms with Crippen molar-refractivity contribution in [3.05, 3.63) is 18.5 Å². The Morgan fingerprint density at radius 1 is 1.23 bits per heavy atom. The number of thioether (sulfide) groups is 1. The SMILES string of the molecule is O=C1CCSC[C@H](C(=O)N2CCN(c3ncccn3)CC2)N1. The van der Waals surface area contributed by atoms with Crippen molar-refractivity contribution in [3.8, 4) is 0 Å². The fourth-order valence-electron chi connectivity index (χ4n) is 2.61. The molecule has 118 valence electrons. The molecule has 2 aliphatic heterocycles. The summed E-state index contributed by atoms with van der Waals surface area (Å²) >= 11 is 1.66. The molecule has 0 unspecified atom stereocenters. The Morgan fingerprint density at radius 3 is 2.68 bits per heavy atom. The largest absolute Gasteiger partial charge is 0.343 e. The second kappa shape index (κ2) is 6.95. The molecule has 0 spiro atoms. The van der Waals surface area contributed by atoms with Gasteiger partial charge < -0.3 is 15.1 Å². The predicted molar refractivity (Wildman–Crippen MR) is 84.7 cm³/mol. The first-order valence-electron chi connectivity index (χ1n) is 7.42. The number of hydrogen-bond acceptors (Lipinski definition) is 6. The van der Waals surface area contributed by atoms with E-state index in [4.69, 9.17) is 0 Å². The summed E-state index contributed by atoms with van der Waals surface area (Å²) in [6, 6.07) is 1.40. The lowest BCUT2D eigenvalue weighted by Crippen LogP contribution is -2.55. The Hall–Kier alpha value is -1.83. The van der Waals surface area contributed by atoms with Gasteiger partial charge in [0.25, 0.3) is 0 Å². The molecule has 0 aromatic carbocycles. The molecule has 2 aliphatic rings. The summed E-state index contributed by atoms with van der Waals surface area (Å²) in [7, 11) is 0. The molecule has 0 aliphatic carbocycles. The minimum Gasteiger partial charge on any atom is -0.343 e. The van der Waals surface area contributed by atoms with E-state index in [1.165, 1.54) is 0 Å². The van der Waals surface area contributed by atoms with Gasteiger partial charge in [-0.25, -0.2) is 9.97 Å². The van der Waals surface area contributed by atoms with E-state index in [1.807, 2.05) is 4.90 Å². The van der Waals surface area contributed by atoms with Gasteiger partial charge in [-0.15, -0.1) is 0 Å². The molecule has 0 radical (unpaired) electrons. The summed E-state index contributed by atoms with van der Waals surface area (Å²) in [5, 5.41) is 2.83. The van der Waals surface area contributed by atoms with Gasteiger partial charge in [-0.2, -0.15) is 11.8 Å². The first kappa shape index (κ1) is 15.1. The van der Waals surface area contributed by atoms with E-state index in [2.05, 4.69) is 20.2 Å². The molecule has 0 saturated carbocycles. The third-order valence-electron chi connectivity index (χ3n) is 3.82. The summed E-state index contributed by atoms with van der Waals surface area (Å²) < 4.78 is 0. The van der Waals surface area contributed by atoms with E-state index in [1.54, 1.807) is 30.2 Å². The maximum absolute atomic E-state index is 12.5. The summed E-state index contributed by atoms with van der Waals surface area (Å²) in [5.74, 6) is 2.14. The molecule has 2 saturated heterocycles. The Labute approximate surface area is 133 Å². The quantitative estimate of drug-likeness (QED) is 0.809. The third kappa shape index (κ3) is 3.49. The van der Waals surface area contributed by atoms with Crippen LogP contribution in [0.25, 0.3) is 0 Å². The van der Waals surface area contributed by atoms with Crippen LogP contribution in [0.3, 0.4) is 0 Å². The van der Waals surface area contributed by atoms with Gasteiger partial charge in [0.15, 0.2) is 0 Å². The van der Waals surface area contributed by atoms with E-state index < -0.39 is 0 Å². The Kier molecular flexibility index (Phi) is 4.77. The van der Waals surface area contributed by atoms with Gasteiger partial charge in [-0.3, -0.25) is 9.59 Å². The molecule has 1 aromatic heterocycles. The Bertz CT molecular complexity index is 533. The van der Waals surface area contributed by atoms with Crippen LogP contribution in [0.4, 0.5) is 5.95 Å². The molecule has 2 fully saturated rings. The average molecular weight is 321 g/mol. The number of anilines is 1. The van der Waals surface area contributed by atoms with E-state index in [0.717, 1.165) is 5.75 Å². The van der Waals surface area contributed by atoms with E-state index in [-0.39, 0.29) is 17.9 Å². The molecule has 0 bridgehead atoms. The normalized spacial score (nSPS) is 22.9. The minimum absolute atomic E-state index is 0.0244. The molecule has 1 aromatic rings. The topological polar surface area (TPSA) is 78.4 Å². The third-order valence-corrected chi connectivity index (χ3v) is 4.88. The van der Waals surface area contributed by atoms with Crippen LogP contribution in [0.2, 0.25) is 0 Å². The number of piperazine rings is 1. The van der Waals surface area contributed by atoms with Crippen LogP contribution in [-0.2, 0) is 9.59 Å². The molecule has 1 atom stereocenters. The maximum atomic E-state index is 12.5.